The maximum atomic E-state index is 12.6. The minimum absolute atomic E-state index is 0.0437. The lowest BCUT2D eigenvalue weighted by atomic mass is 9.99. The molecule has 0 saturated heterocycles. The van der Waals surface area contributed by atoms with E-state index in [0.717, 1.165) is 25.1 Å². The smallest absolute Gasteiger partial charge is 0.256 e. The van der Waals surface area contributed by atoms with Crippen LogP contribution in [0, 0.1) is 0 Å². The number of para-hydroxylation sites is 1. The van der Waals surface area contributed by atoms with Crippen LogP contribution in [0.1, 0.15) is 22.3 Å². The van der Waals surface area contributed by atoms with E-state index in [1.165, 1.54) is 5.56 Å². The molecular weight excluding hydrogens is 256 g/mol. The molecule has 1 aromatic rings. The number of aliphatic hydroxyl groups excluding tert-OH is 1. The molecule has 0 spiro atoms. The number of nitrogens with zero attached hydrogens (tertiary/aromatic N) is 1. The fourth-order valence-electron chi connectivity index (χ4n) is 2.50. The second-order valence-corrected chi connectivity index (χ2v) is 4.88. The number of methoxy groups -OCH3 is 1. The number of nitrogens with one attached hydrogen (secondary N) is 1. The van der Waals surface area contributed by atoms with Crippen LogP contribution < -0.4 is 5.32 Å². The zero-order chi connectivity index (χ0) is 14.4. The zero-order valence-electron chi connectivity index (χ0n) is 11.9. The fourth-order valence-corrected chi connectivity index (χ4v) is 2.50. The van der Waals surface area contributed by atoms with Gasteiger partial charge in [0.15, 0.2) is 0 Å². The molecule has 0 bridgehead atoms. The summed E-state index contributed by atoms with van der Waals surface area (Å²) < 4.78 is 5.03. The summed E-state index contributed by atoms with van der Waals surface area (Å²) >= 11 is 0. The molecule has 0 aromatic heterocycles. The Bertz CT molecular complexity index is 462. The highest BCUT2D eigenvalue weighted by molar-refractivity contribution is 6.00. The van der Waals surface area contributed by atoms with Gasteiger partial charge in [-0.25, -0.2) is 0 Å². The largest absolute Gasteiger partial charge is 0.395 e. The number of rotatable bonds is 6. The molecule has 1 aliphatic rings. The molecule has 20 heavy (non-hydrogen) atoms. The summed E-state index contributed by atoms with van der Waals surface area (Å²) in [7, 11) is 1.60. The maximum Gasteiger partial charge on any atom is 0.256 e. The molecule has 2 rings (SSSR count). The lowest BCUT2D eigenvalue weighted by Crippen LogP contribution is -2.36. The first-order valence-electron chi connectivity index (χ1n) is 7.02. The van der Waals surface area contributed by atoms with Crippen LogP contribution in [0.5, 0.6) is 0 Å². The first-order chi connectivity index (χ1) is 9.77. The van der Waals surface area contributed by atoms with Crippen LogP contribution in [0.15, 0.2) is 18.2 Å². The van der Waals surface area contributed by atoms with Crippen molar-refractivity contribution in [3.63, 3.8) is 0 Å². The van der Waals surface area contributed by atoms with Gasteiger partial charge in [-0.3, -0.25) is 4.79 Å². The third-order valence-corrected chi connectivity index (χ3v) is 3.53. The van der Waals surface area contributed by atoms with Gasteiger partial charge >= 0.3 is 0 Å². The lowest BCUT2D eigenvalue weighted by Gasteiger charge is -2.25. The predicted molar refractivity (Wildman–Crippen MR) is 78.1 cm³/mol. The van der Waals surface area contributed by atoms with Gasteiger partial charge in [0, 0.05) is 26.7 Å². The Morgan fingerprint density at radius 2 is 2.30 bits per heavy atom. The van der Waals surface area contributed by atoms with E-state index in [2.05, 4.69) is 11.4 Å². The molecule has 110 valence electrons. The van der Waals surface area contributed by atoms with Crippen molar-refractivity contribution >= 4 is 11.6 Å². The van der Waals surface area contributed by atoms with Gasteiger partial charge in [0.05, 0.1) is 24.5 Å². The van der Waals surface area contributed by atoms with Gasteiger partial charge in [-0.1, -0.05) is 12.1 Å². The average Bonchev–Trinajstić information content (AvgIpc) is 2.50. The number of amides is 1. The topological polar surface area (TPSA) is 61.8 Å². The SMILES string of the molecule is COCCN(CCO)C(=O)c1cccc2c1NCCC2. The van der Waals surface area contributed by atoms with E-state index in [1.54, 1.807) is 12.0 Å². The van der Waals surface area contributed by atoms with Crippen LogP contribution in [0.3, 0.4) is 0 Å². The van der Waals surface area contributed by atoms with Crippen LogP contribution in [0.4, 0.5) is 5.69 Å². The van der Waals surface area contributed by atoms with Crippen LogP contribution in [-0.2, 0) is 11.2 Å². The third kappa shape index (κ3) is 3.29. The second-order valence-electron chi connectivity index (χ2n) is 4.88. The Hall–Kier alpha value is -1.59. The molecule has 0 fully saturated rings. The lowest BCUT2D eigenvalue weighted by molar-refractivity contribution is 0.0657. The Balaban J connectivity index is 2.22. The molecule has 0 radical (unpaired) electrons. The molecule has 0 aliphatic carbocycles. The number of anilines is 1. The minimum atomic E-state index is -0.0534. The zero-order valence-corrected chi connectivity index (χ0v) is 11.9. The molecule has 1 aromatic carbocycles. The average molecular weight is 278 g/mol. The molecule has 0 saturated carbocycles. The Morgan fingerprint density at radius 3 is 3.05 bits per heavy atom. The van der Waals surface area contributed by atoms with Gasteiger partial charge in [0.1, 0.15) is 0 Å². The van der Waals surface area contributed by atoms with Crippen molar-refractivity contribution < 1.29 is 14.6 Å². The van der Waals surface area contributed by atoms with Gasteiger partial charge in [0.25, 0.3) is 5.91 Å². The number of hydrogen-bond acceptors (Lipinski definition) is 4. The maximum absolute atomic E-state index is 12.6. The van der Waals surface area contributed by atoms with Gasteiger partial charge in [0.2, 0.25) is 0 Å². The standard InChI is InChI=1S/C15H22N2O3/c1-20-11-9-17(8-10-18)15(19)13-6-2-4-12-5-3-7-16-14(12)13/h2,4,6,16,18H,3,5,7-11H2,1H3. The van der Waals surface area contributed by atoms with Gasteiger partial charge in [-0.05, 0) is 24.5 Å². The fraction of sp³-hybridized carbons (Fsp3) is 0.533. The molecule has 1 amide bonds. The van der Waals surface area contributed by atoms with Crippen LogP contribution >= 0.6 is 0 Å². The second kappa shape index (κ2) is 7.26. The number of carbonyl (C=O) groups excluding carboxylic acids is 1. The molecule has 2 N–H and O–H groups in total. The Morgan fingerprint density at radius 1 is 1.45 bits per heavy atom. The summed E-state index contributed by atoms with van der Waals surface area (Å²) in [6.45, 7) is 2.13. The monoisotopic (exact) mass is 278 g/mol. The van der Waals surface area contributed by atoms with Crippen molar-refractivity contribution in [3.8, 4) is 0 Å². The van der Waals surface area contributed by atoms with E-state index in [9.17, 15) is 4.79 Å². The molecule has 0 unspecified atom stereocenters. The first-order valence-corrected chi connectivity index (χ1v) is 7.02. The predicted octanol–water partition coefficient (Wildman–Crippen LogP) is 1.13. The third-order valence-electron chi connectivity index (χ3n) is 3.53. The molecule has 1 heterocycles. The van der Waals surface area contributed by atoms with E-state index < -0.39 is 0 Å². The van der Waals surface area contributed by atoms with Gasteiger partial charge in [-0.15, -0.1) is 0 Å². The van der Waals surface area contributed by atoms with Crippen LogP contribution in [0.2, 0.25) is 0 Å². The molecule has 5 nitrogen and oxygen atoms in total. The van der Waals surface area contributed by atoms with Crippen molar-refractivity contribution in [2.45, 2.75) is 12.8 Å². The van der Waals surface area contributed by atoms with Gasteiger partial charge in [-0.2, -0.15) is 0 Å². The highest BCUT2D eigenvalue weighted by Crippen LogP contribution is 2.27. The Labute approximate surface area is 119 Å². The number of carbonyl (C=O) groups is 1. The Kier molecular flexibility index (Phi) is 5.38. The molecular formula is C15H22N2O3. The summed E-state index contributed by atoms with van der Waals surface area (Å²) in [5.41, 5.74) is 2.83. The van der Waals surface area contributed by atoms with Crippen molar-refractivity contribution in [1.82, 2.24) is 4.90 Å². The summed E-state index contributed by atoms with van der Waals surface area (Å²) in [5, 5.41) is 12.4. The minimum Gasteiger partial charge on any atom is -0.395 e. The summed E-state index contributed by atoms with van der Waals surface area (Å²) in [6, 6.07) is 5.83. The summed E-state index contributed by atoms with van der Waals surface area (Å²) in [6.07, 6.45) is 2.09. The van der Waals surface area contributed by atoms with E-state index >= 15 is 0 Å². The van der Waals surface area contributed by atoms with Crippen molar-refractivity contribution in [3.05, 3.63) is 29.3 Å². The van der Waals surface area contributed by atoms with E-state index in [1.807, 2.05) is 12.1 Å². The van der Waals surface area contributed by atoms with E-state index in [4.69, 9.17) is 9.84 Å². The first kappa shape index (κ1) is 14.8. The molecule has 1 aliphatic heterocycles. The highest BCUT2D eigenvalue weighted by atomic mass is 16.5. The summed E-state index contributed by atoms with van der Waals surface area (Å²) in [4.78, 5) is 14.3. The summed E-state index contributed by atoms with van der Waals surface area (Å²) in [5.74, 6) is -0.0534. The van der Waals surface area contributed by atoms with E-state index in [-0.39, 0.29) is 12.5 Å². The van der Waals surface area contributed by atoms with Crippen molar-refractivity contribution in [2.24, 2.45) is 0 Å². The quantitative estimate of drug-likeness (QED) is 0.819. The van der Waals surface area contributed by atoms with Gasteiger partial charge < -0.3 is 20.1 Å². The molecule has 5 heteroatoms. The number of benzene rings is 1. The van der Waals surface area contributed by atoms with Crippen molar-refractivity contribution in [1.29, 1.82) is 0 Å². The van der Waals surface area contributed by atoms with Crippen LogP contribution in [0.25, 0.3) is 0 Å². The number of ether oxygens (including phenoxy) is 1. The van der Waals surface area contributed by atoms with Crippen molar-refractivity contribution in [2.75, 3.05) is 45.3 Å². The van der Waals surface area contributed by atoms with E-state index in [0.29, 0.717) is 25.3 Å². The number of fused-ring (bicyclic) bond motifs is 1. The normalized spacial score (nSPS) is 13.5. The highest BCUT2D eigenvalue weighted by Gasteiger charge is 2.21. The molecule has 0 atom stereocenters. The number of hydrogen-bond donors (Lipinski definition) is 2. The van der Waals surface area contributed by atoms with Crippen LogP contribution in [-0.4, -0.2) is 55.9 Å². The number of aryl methyl sites for hydroxylation is 1. The number of aliphatic hydroxyl groups is 1.